The van der Waals surface area contributed by atoms with E-state index in [0.717, 1.165) is 43.5 Å². The number of hydrogen-bond acceptors (Lipinski definition) is 5. The van der Waals surface area contributed by atoms with Crippen LogP contribution in [0.3, 0.4) is 0 Å². The minimum atomic E-state index is 0.145. The Balaban J connectivity index is 1.49. The Hall–Kier alpha value is -2.28. The van der Waals surface area contributed by atoms with Crippen molar-refractivity contribution in [2.75, 3.05) is 30.4 Å². The van der Waals surface area contributed by atoms with Crippen molar-refractivity contribution in [1.29, 1.82) is 0 Å². The number of rotatable bonds is 8. The third kappa shape index (κ3) is 5.36. The molecule has 198 valence electrons. The standard InChI is InChI=1S/C29H46N6O/c1-3-21-12-14-22(15-13-21)18-35-26(27(30)32-20(2)23-10-7-11-23)28(31)33-29(35)34-16-17-36-19-25(34)24-8-5-4-6-9-24/h5,8-9,20-23,25H,3-4,6-7,10-19,31H2,1-2H3,(H2,30,32). The average molecular weight is 495 g/mol. The molecule has 1 aromatic rings. The SMILES string of the molecule is CCC1CCC(Cn2c(N3CCOCC3C3=CCCC=C3)nc(N)c2C(N)=NC(C)C2CCC2)CC1. The fraction of sp³-hybridized carbons (Fsp3) is 0.724. The van der Waals surface area contributed by atoms with E-state index in [-0.39, 0.29) is 12.1 Å². The number of aromatic nitrogens is 2. The number of imidazole rings is 1. The third-order valence-electron chi connectivity index (χ3n) is 9.17. The van der Waals surface area contributed by atoms with Crippen LogP contribution >= 0.6 is 0 Å². The van der Waals surface area contributed by atoms with Gasteiger partial charge >= 0.3 is 0 Å². The quantitative estimate of drug-likeness (QED) is 0.389. The molecule has 0 aromatic carbocycles. The van der Waals surface area contributed by atoms with Crippen molar-refractivity contribution in [2.45, 2.75) is 96.7 Å². The summed E-state index contributed by atoms with van der Waals surface area (Å²) in [7, 11) is 0. The lowest BCUT2D eigenvalue weighted by molar-refractivity contribution is 0.102. The van der Waals surface area contributed by atoms with Crippen molar-refractivity contribution in [3.05, 3.63) is 29.5 Å². The van der Waals surface area contributed by atoms with Gasteiger partial charge in [0.25, 0.3) is 0 Å². The maximum Gasteiger partial charge on any atom is 0.208 e. The van der Waals surface area contributed by atoms with Crippen LogP contribution in [0.4, 0.5) is 11.8 Å². The van der Waals surface area contributed by atoms with Crippen LogP contribution in [0, 0.1) is 17.8 Å². The van der Waals surface area contributed by atoms with Crippen LogP contribution in [0.5, 0.6) is 0 Å². The van der Waals surface area contributed by atoms with Gasteiger partial charge in [-0.1, -0.05) is 50.8 Å². The molecule has 0 radical (unpaired) electrons. The monoisotopic (exact) mass is 494 g/mol. The molecule has 1 saturated heterocycles. The van der Waals surface area contributed by atoms with Crippen molar-refractivity contribution >= 4 is 17.6 Å². The lowest BCUT2D eigenvalue weighted by Crippen LogP contribution is -2.48. The van der Waals surface area contributed by atoms with E-state index in [1.807, 2.05) is 0 Å². The predicted molar refractivity (Wildman–Crippen MR) is 148 cm³/mol. The van der Waals surface area contributed by atoms with Crippen LogP contribution in [-0.2, 0) is 11.3 Å². The summed E-state index contributed by atoms with van der Waals surface area (Å²) in [6, 6.07) is 0.366. The summed E-state index contributed by atoms with van der Waals surface area (Å²) in [5.74, 6) is 4.12. The van der Waals surface area contributed by atoms with Crippen molar-refractivity contribution in [3.8, 4) is 0 Å². The molecule has 1 aliphatic heterocycles. The van der Waals surface area contributed by atoms with E-state index < -0.39 is 0 Å². The molecule has 2 heterocycles. The number of nitrogens with two attached hydrogens (primary N) is 2. The van der Waals surface area contributed by atoms with E-state index in [2.05, 4.69) is 41.5 Å². The number of anilines is 2. The summed E-state index contributed by atoms with van der Waals surface area (Å²) in [5, 5.41) is 0. The van der Waals surface area contributed by atoms with Gasteiger partial charge in [-0.3, -0.25) is 4.99 Å². The Kier molecular flexibility index (Phi) is 8.04. The zero-order valence-corrected chi connectivity index (χ0v) is 22.4. The van der Waals surface area contributed by atoms with Gasteiger partial charge in [0.05, 0.1) is 25.3 Å². The minimum Gasteiger partial charge on any atom is -0.382 e. The Bertz CT molecular complexity index is 982. The number of nitrogen functional groups attached to an aromatic ring is 1. The highest BCUT2D eigenvalue weighted by Crippen LogP contribution is 2.36. The number of ether oxygens (including phenoxy) is 1. The Labute approximate surface area is 217 Å². The van der Waals surface area contributed by atoms with Gasteiger partial charge in [0.15, 0.2) is 5.82 Å². The van der Waals surface area contributed by atoms with Gasteiger partial charge in [0, 0.05) is 13.1 Å². The van der Waals surface area contributed by atoms with Crippen LogP contribution in [0.1, 0.15) is 83.7 Å². The molecule has 2 atom stereocenters. The van der Waals surface area contributed by atoms with Gasteiger partial charge in [0.1, 0.15) is 11.5 Å². The topological polar surface area (TPSA) is 94.7 Å². The maximum absolute atomic E-state index is 6.73. The zero-order valence-electron chi connectivity index (χ0n) is 22.4. The Morgan fingerprint density at radius 2 is 1.94 bits per heavy atom. The molecule has 36 heavy (non-hydrogen) atoms. The Morgan fingerprint density at radius 3 is 2.61 bits per heavy atom. The molecule has 3 fully saturated rings. The van der Waals surface area contributed by atoms with Crippen LogP contribution in [0.25, 0.3) is 0 Å². The summed E-state index contributed by atoms with van der Waals surface area (Å²) >= 11 is 0. The van der Waals surface area contributed by atoms with E-state index in [1.165, 1.54) is 56.9 Å². The lowest BCUT2D eigenvalue weighted by Gasteiger charge is -2.38. The molecule has 7 heteroatoms. The zero-order chi connectivity index (χ0) is 25.1. The summed E-state index contributed by atoms with van der Waals surface area (Å²) in [5.41, 5.74) is 15.5. The first kappa shape index (κ1) is 25.4. The van der Waals surface area contributed by atoms with Crippen molar-refractivity contribution in [2.24, 2.45) is 28.5 Å². The fourth-order valence-corrected chi connectivity index (χ4v) is 6.51. The van der Waals surface area contributed by atoms with Gasteiger partial charge in [-0.15, -0.1) is 0 Å². The smallest absolute Gasteiger partial charge is 0.208 e. The van der Waals surface area contributed by atoms with Gasteiger partial charge in [-0.05, 0) is 68.8 Å². The molecule has 4 N–H and O–H groups in total. The molecule has 5 rings (SSSR count). The molecule has 4 aliphatic rings. The molecule has 0 spiro atoms. The van der Waals surface area contributed by atoms with E-state index in [0.29, 0.717) is 36.7 Å². The minimum absolute atomic E-state index is 0.145. The van der Waals surface area contributed by atoms with Gasteiger partial charge in [-0.25, -0.2) is 0 Å². The van der Waals surface area contributed by atoms with Crippen LogP contribution in [0.2, 0.25) is 0 Å². The highest BCUT2D eigenvalue weighted by Gasteiger charge is 2.33. The highest BCUT2D eigenvalue weighted by atomic mass is 16.5. The molecular formula is C29H46N6O. The van der Waals surface area contributed by atoms with E-state index in [9.17, 15) is 0 Å². The summed E-state index contributed by atoms with van der Waals surface area (Å²) in [6.07, 6.45) is 19.3. The number of allylic oxidation sites excluding steroid dienone is 2. The largest absolute Gasteiger partial charge is 0.382 e. The second kappa shape index (κ2) is 11.4. The maximum atomic E-state index is 6.73. The number of morpholine rings is 1. The third-order valence-corrected chi connectivity index (χ3v) is 9.17. The molecule has 3 aliphatic carbocycles. The van der Waals surface area contributed by atoms with E-state index >= 15 is 0 Å². The molecule has 7 nitrogen and oxygen atoms in total. The fourth-order valence-electron chi connectivity index (χ4n) is 6.51. The Morgan fingerprint density at radius 1 is 1.17 bits per heavy atom. The van der Waals surface area contributed by atoms with Gasteiger partial charge in [-0.2, -0.15) is 4.98 Å². The van der Waals surface area contributed by atoms with Crippen molar-refractivity contribution in [1.82, 2.24) is 9.55 Å². The normalized spacial score (nSPS) is 28.6. The second-order valence-electron chi connectivity index (χ2n) is 11.5. The van der Waals surface area contributed by atoms with Gasteiger partial charge < -0.3 is 25.7 Å². The second-order valence-corrected chi connectivity index (χ2v) is 11.5. The van der Waals surface area contributed by atoms with E-state index in [1.54, 1.807) is 0 Å². The van der Waals surface area contributed by atoms with Gasteiger partial charge in [0.2, 0.25) is 5.95 Å². The van der Waals surface area contributed by atoms with Crippen LogP contribution in [0.15, 0.2) is 28.8 Å². The van der Waals surface area contributed by atoms with E-state index in [4.69, 9.17) is 26.2 Å². The predicted octanol–water partition coefficient (Wildman–Crippen LogP) is 5.06. The summed E-state index contributed by atoms with van der Waals surface area (Å²) in [6.45, 7) is 7.58. The first-order valence-electron chi connectivity index (χ1n) is 14.5. The molecular weight excluding hydrogens is 448 g/mol. The number of hydrogen-bond donors (Lipinski definition) is 2. The number of amidine groups is 1. The first-order valence-corrected chi connectivity index (χ1v) is 14.5. The average Bonchev–Trinajstić information content (AvgIpc) is 3.19. The first-order chi connectivity index (χ1) is 17.5. The van der Waals surface area contributed by atoms with Crippen molar-refractivity contribution < 1.29 is 4.74 Å². The molecule has 0 bridgehead atoms. The lowest BCUT2D eigenvalue weighted by atomic mass is 9.80. The molecule has 1 aromatic heterocycles. The van der Waals surface area contributed by atoms with Crippen molar-refractivity contribution in [3.63, 3.8) is 0 Å². The molecule has 2 unspecified atom stereocenters. The molecule has 2 saturated carbocycles. The highest BCUT2D eigenvalue weighted by molar-refractivity contribution is 6.00. The molecule has 0 amide bonds. The number of aliphatic imine (C=N–C) groups is 1. The summed E-state index contributed by atoms with van der Waals surface area (Å²) < 4.78 is 8.27. The number of nitrogens with zero attached hydrogens (tertiary/aromatic N) is 4. The summed E-state index contributed by atoms with van der Waals surface area (Å²) in [4.78, 5) is 12.4. The van der Waals surface area contributed by atoms with Crippen LogP contribution in [-0.4, -0.2) is 47.2 Å². The van der Waals surface area contributed by atoms with Crippen LogP contribution < -0.4 is 16.4 Å².